The van der Waals surface area contributed by atoms with Crippen LogP contribution in [0.25, 0.3) is 0 Å². The van der Waals surface area contributed by atoms with E-state index in [-0.39, 0.29) is 18.1 Å². The summed E-state index contributed by atoms with van der Waals surface area (Å²) >= 11 is 0. The van der Waals surface area contributed by atoms with Gasteiger partial charge in [-0.05, 0) is 47.2 Å². The third kappa shape index (κ3) is 8.28. The third-order valence-corrected chi connectivity index (χ3v) is 8.55. The summed E-state index contributed by atoms with van der Waals surface area (Å²) in [6.45, 7) is 2.69. The number of ether oxygens (including phenoxy) is 3. The van der Waals surface area contributed by atoms with E-state index in [9.17, 15) is 9.59 Å². The number of benzene rings is 4. The molecule has 0 radical (unpaired) electrons. The maximum Gasteiger partial charge on any atom is 0.407 e. The Morgan fingerprint density at radius 2 is 1.60 bits per heavy atom. The molecular weight excluding hydrogens is 594 g/mol. The first-order valence-electron chi connectivity index (χ1n) is 16.0. The summed E-state index contributed by atoms with van der Waals surface area (Å²) in [6, 6.07) is 32.3. The molecule has 0 spiro atoms. The molecule has 4 aromatic carbocycles. The van der Waals surface area contributed by atoms with Crippen LogP contribution in [-0.4, -0.2) is 57.1 Å². The predicted octanol–water partition coefficient (Wildman–Crippen LogP) is 4.98. The minimum atomic E-state index is -0.940. The standard InChI is InChI=1S/C37H41N5O5/c1-45-37(44)41-35(34(26-11-4-2-5-12-26)27-13-6-3-7-14-27)36(43)40-32-15-9-8-10-25(32)16-19-30-22-38-23-31(47-30)24-46-29-18-17-28-21-39-42-33(28)20-29/h2-15,17-18,20,30-31,34-35,38-39,42H,16,19,21-24H2,1H3,(H,40,43)(H,41,44)/t30-,31+,35+/m1/s1. The van der Waals surface area contributed by atoms with Crippen molar-refractivity contribution >= 4 is 23.4 Å². The number of hydrogen-bond donors (Lipinski definition) is 5. The van der Waals surface area contributed by atoms with Crippen molar-refractivity contribution in [3.8, 4) is 5.75 Å². The number of fused-ring (bicyclic) bond motifs is 1. The van der Waals surface area contributed by atoms with Crippen LogP contribution in [0.3, 0.4) is 0 Å². The summed E-state index contributed by atoms with van der Waals surface area (Å²) in [4.78, 5) is 26.6. The van der Waals surface area contributed by atoms with E-state index in [4.69, 9.17) is 14.2 Å². The predicted molar refractivity (Wildman–Crippen MR) is 181 cm³/mol. The number of anilines is 2. The number of hydrogen-bond acceptors (Lipinski definition) is 8. The molecule has 10 nitrogen and oxygen atoms in total. The SMILES string of the molecule is COC(=O)N[C@H](C(=O)Nc1ccccc1CC[C@@H]1CNC[C@@H](COc2ccc3c(c2)NNC3)O1)C(c1ccccc1)c1ccccc1. The van der Waals surface area contributed by atoms with Crippen LogP contribution >= 0.6 is 0 Å². The fourth-order valence-corrected chi connectivity index (χ4v) is 6.15. The van der Waals surface area contributed by atoms with Crippen molar-refractivity contribution in [2.45, 2.75) is 43.6 Å². The molecule has 2 aliphatic heterocycles. The molecule has 5 N–H and O–H groups in total. The van der Waals surface area contributed by atoms with Crippen LogP contribution in [0.2, 0.25) is 0 Å². The van der Waals surface area contributed by atoms with Crippen LogP contribution in [0.1, 0.15) is 34.6 Å². The van der Waals surface area contributed by atoms with Gasteiger partial charge in [0.2, 0.25) is 5.91 Å². The summed E-state index contributed by atoms with van der Waals surface area (Å²) in [5.41, 5.74) is 12.0. The number of carbonyl (C=O) groups excluding carboxylic acids is 2. The average Bonchev–Trinajstić information content (AvgIpc) is 3.59. The molecule has 2 amide bonds. The van der Waals surface area contributed by atoms with E-state index in [0.29, 0.717) is 25.3 Å². The lowest BCUT2D eigenvalue weighted by Crippen LogP contribution is -2.48. The van der Waals surface area contributed by atoms with Gasteiger partial charge in [0.25, 0.3) is 0 Å². The van der Waals surface area contributed by atoms with Gasteiger partial charge in [-0.15, -0.1) is 0 Å². The first kappa shape index (κ1) is 32.1. The van der Waals surface area contributed by atoms with E-state index in [1.807, 2.05) is 97.1 Å². The van der Waals surface area contributed by atoms with E-state index in [1.54, 1.807) is 0 Å². The lowest BCUT2D eigenvalue weighted by molar-refractivity contribution is -0.118. The summed E-state index contributed by atoms with van der Waals surface area (Å²) in [6.07, 6.45) is 0.671. The van der Waals surface area contributed by atoms with Gasteiger partial charge in [-0.3, -0.25) is 4.79 Å². The molecule has 2 aliphatic rings. The minimum absolute atomic E-state index is 0.0127. The van der Waals surface area contributed by atoms with Crippen molar-refractivity contribution in [3.63, 3.8) is 0 Å². The second-order valence-electron chi connectivity index (χ2n) is 11.7. The summed E-state index contributed by atoms with van der Waals surface area (Å²) in [5.74, 6) is 0.0113. The topological polar surface area (TPSA) is 122 Å². The molecule has 47 heavy (non-hydrogen) atoms. The molecule has 6 rings (SSSR count). The van der Waals surface area contributed by atoms with Gasteiger partial charge in [0.05, 0.1) is 18.9 Å². The molecule has 4 aromatic rings. The Labute approximate surface area is 275 Å². The molecule has 244 valence electrons. The van der Waals surface area contributed by atoms with Gasteiger partial charge in [-0.1, -0.05) is 84.9 Å². The highest BCUT2D eigenvalue weighted by Gasteiger charge is 2.33. The van der Waals surface area contributed by atoms with Crippen LogP contribution in [0.15, 0.2) is 103 Å². The van der Waals surface area contributed by atoms with Crippen molar-refractivity contribution in [2.75, 3.05) is 37.5 Å². The number of aryl methyl sites for hydroxylation is 1. The van der Waals surface area contributed by atoms with Crippen LogP contribution < -0.4 is 31.5 Å². The Balaban J connectivity index is 1.11. The molecule has 0 aliphatic carbocycles. The normalized spacial score (nSPS) is 17.7. The zero-order valence-electron chi connectivity index (χ0n) is 26.4. The van der Waals surface area contributed by atoms with E-state index >= 15 is 0 Å². The second-order valence-corrected chi connectivity index (χ2v) is 11.7. The highest BCUT2D eigenvalue weighted by molar-refractivity contribution is 5.98. The molecule has 0 aromatic heterocycles. The van der Waals surface area contributed by atoms with Crippen molar-refractivity contribution in [3.05, 3.63) is 125 Å². The molecule has 1 fully saturated rings. The number of rotatable bonds is 12. The number of morpholine rings is 1. The van der Waals surface area contributed by atoms with Gasteiger partial charge >= 0.3 is 6.09 Å². The fourth-order valence-electron chi connectivity index (χ4n) is 6.15. The van der Waals surface area contributed by atoms with Crippen molar-refractivity contribution in [1.29, 1.82) is 0 Å². The van der Waals surface area contributed by atoms with E-state index in [1.165, 1.54) is 12.7 Å². The fraction of sp³-hybridized carbons (Fsp3) is 0.297. The summed E-state index contributed by atoms with van der Waals surface area (Å²) < 4.78 is 17.4. The molecule has 0 unspecified atom stereocenters. The number of amides is 2. The molecule has 3 atom stereocenters. The maximum atomic E-state index is 14.1. The van der Waals surface area contributed by atoms with Crippen molar-refractivity contribution < 1.29 is 23.8 Å². The number of methoxy groups -OCH3 is 1. The van der Waals surface area contributed by atoms with Crippen LogP contribution in [0.5, 0.6) is 5.75 Å². The van der Waals surface area contributed by atoms with Gasteiger partial charge in [0, 0.05) is 37.3 Å². The Hall–Kier alpha value is -4.90. The summed E-state index contributed by atoms with van der Waals surface area (Å²) in [7, 11) is 1.29. The van der Waals surface area contributed by atoms with E-state index in [0.717, 1.165) is 47.6 Å². The molecule has 10 heteroatoms. The maximum absolute atomic E-state index is 14.1. The zero-order chi connectivity index (χ0) is 32.4. The largest absolute Gasteiger partial charge is 0.491 e. The first-order chi connectivity index (χ1) is 23.1. The Kier molecular flexibility index (Phi) is 10.6. The van der Waals surface area contributed by atoms with Gasteiger partial charge in [0.15, 0.2) is 0 Å². The van der Waals surface area contributed by atoms with Crippen LogP contribution in [0.4, 0.5) is 16.2 Å². The Bertz CT molecular complexity index is 1600. The highest BCUT2D eigenvalue weighted by atomic mass is 16.5. The number of hydrazine groups is 1. The third-order valence-electron chi connectivity index (χ3n) is 8.55. The Morgan fingerprint density at radius 3 is 2.34 bits per heavy atom. The molecule has 2 heterocycles. The number of alkyl carbamates (subject to hydrolysis) is 1. The zero-order valence-corrected chi connectivity index (χ0v) is 26.4. The second kappa shape index (κ2) is 15.6. The highest BCUT2D eigenvalue weighted by Crippen LogP contribution is 2.30. The smallest absolute Gasteiger partial charge is 0.407 e. The lowest BCUT2D eigenvalue weighted by atomic mass is 9.84. The first-order valence-corrected chi connectivity index (χ1v) is 16.0. The minimum Gasteiger partial charge on any atom is -0.491 e. The number of para-hydroxylation sites is 1. The monoisotopic (exact) mass is 635 g/mol. The van der Waals surface area contributed by atoms with E-state index < -0.39 is 18.1 Å². The van der Waals surface area contributed by atoms with Gasteiger partial charge < -0.3 is 35.6 Å². The molecular formula is C37H41N5O5. The van der Waals surface area contributed by atoms with Crippen molar-refractivity contribution in [2.24, 2.45) is 0 Å². The molecule has 0 bridgehead atoms. The van der Waals surface area contributed by atoms with Crippen molar-refractivity contribution in [1.82, 2.24) is 16.1 Å². The number of nitrogens with one attached hydrogen (secondary N) is 5. The average molecular weight is 636 g/mol. The quantitative estimate of drug-likeness (QED) is 0.148. The van der Waals surface area contributed by atoms with Gasteiger partial charge in [-0.2, -0.15) is 0 Å². The molecule has 1 saturated heterocycles. The van der Waals surface area contributed by atoms with Gasteiger partial charge in [0.1, 0.15) is 24.5 Å². The lowest BCUT2D eigenvalue weighted by Gasteiger charge is -2.31. The van der Waals surface area contributed by atoms with Gasteiger partial charge in [-0.25, -0.2) is 10.2 Å². The van der Waals surface area contributed by atoms with E-state index in [2.05, 4.69) is 32.9 Å². The van der Waals surface area contributed by atoms with Crippen LogP contribution in [-0.2, 0) is 27.2 Å². The Morgan fingerprint density at radius 1 is 0.894 bits per heavy atom. The number of carbonyl (C=O) groups is 2. The van der Waals surface area contributed by atoms with Crippen LogP contribution in [0, 0.1) is 0 Å². The molecule has 0 saturated carbocycles. The summed E-state index contributed by atoms with van der Waals surface area (Å²) in [5, 5.41) is 9.40.